The fourth-order valence-corrected chi connectivity index (χ4v) is 2.28. The van der Waals surface area contributed by atoms with Gasteiger partial charge in [-0.3, -0.25) is 4.79 Å². The molecule has 3 nitrogen and oxygen atoms in total. The van der Waals surface area contributed by atoms with Crippen LogP contribution < -0.4 is 10.2 Å². The maximum atomic E-state index is 11.3. The number of carbonyl (C=O) groups excluding carboxylic acids is 1. The van der Waals surface area contributed by atoms with E-state index in [9.17, 15) is 4.79 Å². The van der Waals surface area contributed by atoms with Gasteiger partial charge in [0.25, 0.3) is 0 Å². The molecule has 3 heteroatoms. The van der Waals surface area contributed by atoms with E-state index in [1.165, 1.54) is 16.8 Å². The maximum Gasteiger partial charge on any atom is 0.220 e. The van der Waals surface area contributed by atoms with Gasteiger partial charge in [-0.15, -0.1) is 0 Å². The third-order valence-corrected chi connectivity index (χ3v) is 3.45. The van der Waals surface area contributed by atoms with E-state index in [0.717, 1.165) is 26.1 Å². The predicted octanol–water partition coefficient (Wildman–Crippen LogP) is 2.02. The molecule has 0 aliphatic carbocycles. The third kappa shape index (κ3) is 2.78. The van der Waals surface area contributed by atoms with Crippen molar-refractivity contribution in [3.8, 4) is 0 Å². The molecule has 0 aromatic heterocycles. The van der Waals surface area contributed by atoms with Gasteiger partial charge in [-0.1, -0.05) is 12.1 Å². The highest BCUT2D eigenvalue weighted by molar-refractivity contribution is 5.76. The molecule has 1 fully saturated rings. The van der Waals surface area contributed by atoms with Crippen molar-refractivity contribution in [3.63, 3.8) is 0 Å². The SMILES string of the molecule is Cc1cccc(N2CCCC(=O)NCC2)c1C. The highest BCUT2D eigenvalue weighted by Gasteiger charge is 2.13. The highest BCUT2D eigenvalue weighted by Crippen LogP contribution is 2.23. The number of hydrogen-bond donors (Lipinski definition) is 1. The van der Waals surface area contributed by atoms with Gasteiger partial charge in [0, 0.05) is 31.7 Å². The van der Waals surface area contributed by atoms with Crippen molar-refractivity contribution in [1.82, 2.24) is 5.32 Å². The molecule has 1 amide bonds. The van der Waals surface area contributed by atoms with Crippen molar-refractivity contribution in [2.45, 2.75) is 26.7 Å². The van der Waals surface area contributed by atoms with E-state index in [4.69, 9.17) is 0 Å². The van der Waals surface area contributed by atoms with Gasteiger partial charge in [0.2, 0.25) is 5.91 Å². The minimum Gasteiger partial charge on any atom is -0.370 e. The average molecular weight is 232 g/mol. The molecule has 1 N–H and O–H groups in total. The normalized spacial score (nSPS) is 17.3. The van der Waals surface area contributed by atoms with Gasteiger partial charge in [0.15, 0.2) is 0 Å². The lowest BCUT2D eigenvalue weighted by Crippen LogP contribution is -2.39. The molecular formula is C14H20N2O. The van der Waals surface area contributed by atoms with Crippen LogP contribution in [0.4, 0.5) is 5.69 Å². The summed E-state index contributed by atoms with van der Waals surface area (Å²) in [5.41, 5.74) is 3.98. The van der Waals surface area contributed by atoms with E-state index in [1.54, 1.807) is 0 Å². The number of rotatable bonds is 1. The van der Waals surface area contributed by atoms with Crippen LogP contribution in [0, 0.1) is 13.8 Å². The molecule has 92 valence electrons. The fourth-order valence-electron chi connectivity index (χ4n) is 2.28. The first-order valence-electron chi connectivity index (χ1n) is 6.26. The molecule has 1 heterocycles. The molecule has 0 spiro atoms. The number of anilines is 1. The molecule has 0 radical (unpaired) electrons. The van der Waals surface area contributed by atoms with Gasteiger partial charge in [-0.25, -0.2) is 0 Å². The number of amides is 1. The Bertz CT molecular complexity index is 403. The lowest BCUT2D eigenvalue weighted by Gasteiger charge is -2.29. The summed E-state index contributed by atoms with van der Waals surface area (Å²) in [5.74, 6) is 0.186. The Balaban J connectivity index is 2.15. The van der Waals surface area contributed by atoms with Gasteiger partial charge in [-0.2, -0.15) is 0 Å². The zero-order valence-electron chi connectivity index (χ0n) is 10.6. The van der Waals surface area contributed by atoms with E-state index >= 15 is 0 Å². The van der Waals surface area contributed by atoms with E-state index < -0.39 is 0 Å². The number of nitrogens with zero attached hydrogens (tertiary/aromatic N) is 1. The number of carbonyl (C=O) groups is 1. The second-order valence-electron chi connectivity index (χ2n) is 4.66. The molecule has 0 atom stereocenters. The summed E-state index contributed by atoms with van der Waals surface area (Å²) in [6.45, 7) is 6.92. The van der Waals surface area contributed by atoms with E-state index in [-0.39, 0.29) is 5.91 Å². The molecular weight excluding hydrogens is 212 g/mol. The Labute approximate surface area is 103 Å². The first-order valence-corrected chi connectivity index (χ1v) is 6.26. The van der Waals surface area contributed by atoms with Crippen molar-refractivity contribution >= 4 is 11.6 Å². The van der Waals surface area contributed by atoms with Crippen molar-refractivity contribution in [2.75, 3.05) is 24.5 Å². The summed E-state index contributed by atoms with van der Waals surface area (Å²) in [6.07, 6.45) is 1.57. The van der Waals surface area contributed by atoms with E-state index in [0.29, 0.717) is 6.42 Å². The number of aryl methyl sites for hydroxylation is 1. The van der Waals surface area contributed by atoms with Gasteiger partial charge in [0.05, 0.1) is 0 Å². The first-order chi connectivity index (χ1) is 8.18. The Morgan fingerprint density at radius 1 is 1.24 bits per heavy atom. The molecule has 0 unspecified atom stereocenters. The van der Waals surface area contributed by atoms with Crippen LogP contribution in [0.1, 0.15) is 24.0 Å². The van der Waals surface area contributed by atoms with Crippen LogP contribution >= 0.6 is 0 Å². The van der Waals surface area contributed by atoms with Crippen LogP contribution in [-0.4, -0.2) is 25.5 Å². The monoisotopic (exact) mass is 232 g/mol. The molecule has 0 saturated carbocycles. The number of benzene rings is 1. The molecule has 1 aliphatic rings. The van der Waals surface area contributed by atoms with Gasteiger partial charge in [-0.05, 0) is 37.5 Å². The molecule has 0 bridgehead atoms. The fraction of sp³-hybridized carbons (Fsp3) is 0.500. The van der Waals surface area contributed by atoms with E-state index in [2.05, 4.69) is 42.3 Å². The Morgan fingerprint density at radius 3 is 2.88 bits per heavy atom. The lowest BCUT2D eigenvalue weighted by atomic mass is 10.1. The molecule has 1 aromatic carbocycles. The van der Waals surface area contributed by atoms with Gasteiger partial charge in [0.1, 0.15) is 0 Å². The zero-order valence-corrected chi connectivity index (χ0v) is 10.6. The maximum absolute atomic E-state index is 11.3. The van der Waals surface area contributed by atoms with Crippen molar-refractivity contribution in [2.24, 2.45) is 0 Å². The van der Waals surface area contributed by atoms with Crippen molar-refractivity contribution < 1.29 is 4.79 Å². The van der Waals surface area contributed by atoms with E-state index in [1.807, 2.05) is 0 Å². The third-order valence-electron chi connectivity index (χ3n) is 3.45. The lowest BCUT2D eigenvalue weighted by molar-refractivity contribution is -0.121. The highest BCUT2D eigenvalue weighted by atomic mass is 16.1. The summed E-state index contributed by atoms with van der Waals surface area (Å²) in [7, 11) is 0. The number of hydrogen-bond acceptors (Lipinski definition) is 2. The molecule has 1 saturated heterocycles. The Kier molecular flexibility index (Phi) is 3.67. The average Bonchev–Trinajstić information content (AvgIpc) is 2.28. The first kappa shape index (κ1) is 12.0. The van der Waals surface area contributed by atoms with Gasteiger partial charge >= 0.3 is 0 Å². The largest absolute Gasteiger partial charge is 0.370 e. The summed E-state index contributed by atoms with van der Waals surface area (Å²) in [4.78, 5) is 13.6. The topological polar surface area (TPSA) is 32.3 Å². The van der Waals surface area contributed by atoms with Crippen LogP contribution in [-0.2, 0) is 4.79 Å². The van der Waals surface area contributed by atoms with Crippen LogP contribution in [0.15, 0.2) is 18.2 Å². The standard InChI is InChI=1S/C14H20N2O/c1-11-5-3-6-13(12(11)2)16-9-4-7-14(17)15-8-10-16/h3,5-6H,4,7-10H2,1-2H3,(H,15,17). The summed E-state index contributed by atoms with van der Waals surface area (Å²) >= 11 is 0. The second kappa shape index (κ2) is 5.21. The quantitative estimate of drug-likeness (QED) is 0.803. The molecule has 2 rings (SSSR count). The Hall–Kier alpha value is -1.51. The van der Waals surface area contributed by atoms with Crippen LogP contribution in [0.2, 0.25) is 0 Å². The smallest absolute Gasteiger partial charge is 0.220 e. The molecule has 1 aromatic rings. The summed E-state index contributed by atoms with van der Waals surface area (Å²) in [5, 5.41) is 2.94. The van der Waals surface area contributed by atoms with Crippen molar-refractivity contribution in [3.05, 3.63) is 29.3 Å². The van der Waals surface area contributed by atoms with Gasteiger partial charge < -0.3 is 10.2 Å². The zero-order chi connectivity index (χ0) is 12.3. The van der Waals surface area contributed by atoms with Crippen LogP contribution in [0.5, 0.6) is 0 Å². The Morgan fingerprint density at radius 2 is 2.06 bits per heavy atom. The van der Waals surface area contributed by atoms with Crippen molar-refractivity contribution in [1.29, 1.82) is 0 Å². The number of nitrogens with one attached hydrogen (secondary N) is 1. The molecule has 1 aliphatic heterocycles. The minimum absolute atomic E-state index is 0.186. The molecule has 17 heavy (non-hydrogen) atoms. The summed E-state index contributed by atoms with van der Waals surface area (Å²) < 4.78 is 0. The van der Waals surface area contributed by atoms with Crippen LogP contribution in [0.25, 0.3) is 0 Å². The summed E-state index contributed by atoms with van der Waals surface area (Å²) in [6, 6.07) is 6.42. The predicted molar refractivity (Wildman–Crippen MR) is 70.4 cm³/mol. The minimum atomic E-state index is 0.186. The second-order valence-corrected chi connectivity index (χ2v) is 4.66. The van der Waals surface area contributed by atoms with Crippen LogP contribution in [0.3, 0.4) is 0 Å².